The molecular formula is C24H22N4O. The molecule has 4 rings (SSSR count). The summed E-state index contributed by atoms with van der Waals surface area (Å²) in [5.74, 6) is 2.29. The van der Waals surface area contributed by atoms with Gasteiger partial charge in [-0.15, -0.1) is 0 Å². The van der Waals surface area contributed by atoms with Crippen LogP contribution in [0, 0.1) is 13.8 Å². The molecule has 0 fully saturated rings. The van der Waals surface area contributed by atoms with E-state index < -0.39 is 0 Å². The number of allylic oxidation sites excluding steroid dienone is 1. The number of nitrogens with one attached hydrogen (secondary N) is 1. The topological polar surface area (TPSA) is 59.9 Å². The molecule has 4 aromatic rings. The molecule has 0 saturated carbocycles. The molecule has 1 N–H and O–H groups in total. The fraction of sp³-hybridized carbons (Fsp3) is 0.125. The van der Waals surface area contributed by atoms with Gasteiger partial charge in [0, 0.05) is 16.8 Å². The molecule has 2 heterocycles. The Morgan fingerprint density at radius 3 is 2.59 bits per heavy atom. The van der Waals surface area contributed by atoms with Gasteiger partial charge >= 0.3 is 0 Å². The maximum Gasteiger partial charge on any atom is 0.145 e. The number of hydrogen-bond acceptors (Lipinski definition) is 5. The van der Waals surface area contributed by atoms with Crippen molar-refractivity contribution >= 4 is 28.5 Å². The normalized spacial score (nSPS) is 11.1. The van der Waals surface area contributed by atoms with Crippen molar-refractivity contribution in [2.24, 2.45) is 0 Å². The van der Waals surface area contributed by atoms with E-state index in [0.29, 0.717) is 0 Å². The second-order valence-electron chi connectivity index (χ2n) is 6.84. The second kappa shape index (κ2) is 8.10. The standard InChI is InChI=1S/C24H22N4O/c1-4-5-18-7-10-22-21(13-18)24(27-15-26-22)28-19-8-11-23(16(2)12-19)29-20-9-6-17(3)25-14-20/h4-15H,1-3H3,(H,26,27,28). The summed E-state index contributed by atoms with van der Waals surface area (Å²) in [4.78, 5) is 13.1. The Morgan fingerprint density at radius 2 is 1.83 bits per heavy atom. The van der Waals surface area contributed by atoms with Crippen LogP contribution in [-0.2, 0) is 0 Å². The van der Waals surface area contributed by atoms with Crippen molar-refractivity contribution in [1.29, 1.82) is 0 Å². The molecular weight excluding hydrogens is 360 g/mol. The molecule has 0 aliphatic heterocycles. The lowest BCUT2D eigenvalue weighted by Crippen LogP contribution is -1.97. The number of aryl methyl sites for hydroxylation is 2. The van der Waals surface area contributed by atoms with Crippen LogP contribution in [0.5, 0.6) is 11.5 Å². The number of hydrogen-bond donors (Lipinski definition) is 1. The third-order valence-corrected chi connectivity index (χ3v) is 4.57. The van der Waals surface area contributed by atoms with Crippen molar-refractivity contribution in [1.82, 2.24) is 15.0 Å². The Labute approximate surface area is 170 Å². The maximum absolute atomic E-state index is 5.96. The largest absolute Gasteiger partial charge is 0.455 e. The third-order valence-electron chi connectivity index (χ3n) is 4.57. The van der Waals surface area contributed by atoms with Crippen LogP contribution in [0.2, 0.25) is 0 Å². The Kier molecular flexibility index (Phi) is 5.20. The smallest absolute Gasteiger partial charge is 0.145 e. The lowest BCUT2D eigenvalue weighted by molar-refractivity contribution is 0.476. The highest BCUT2D eigenvalue weighted by molar-refractivity contribution is 5.92. The minimum Gasteiger partial charge on any atom is -0.455 e. The zero-order valence-corrected chi connectivity index (χ0v) is 16.7. The fourth-order valence-corrected chi connectivity index (χ4v) is 3.09. The molecule has 0 amide bonds. The summed E-state index contributed by atoms with van der Waals surface area (Å²) >= 11 is 0. The molecule has 0 unspecified atom stereocenters. The lowest BCUT2D eigenvalue weighted by Gasteiger charge is -2.12. The molecule has 144 valence electrons. The van der Waals surface area contributed by atoms with Crippen molar-refractivity contribution in [3.05, 3.63) is 84.0 Å². The average molecular weight is 382 g/mol. The van der Waals surface area contributed by atoms with Crippen LogP contribution >= 0.6 is 0 Å². The van der Waals surface area contributed by atoms with Gasteiger partial charge in [0.05, 0.1) is 11.7 Å². The Hall–Kier alpha value is -3.73. The zero-order chi connectivity index (χ0) is 20.2. The second-order valence-corrected chi connectivity index (χ2v) is 6.84. The minimum absolute atomic E-state index is 0.720. The van der Waals surface area contributed by atoms with E-state index in [2.05, 4.69) is 38.5 Å². The van der Waals surface area contributed by atoms with Crippen LogP contribution in [0.15, 0.2) is 67.1 Å². The van der Waals surface area contributed by atoms with E-state index in [1.54, 1.807) is 12.5 Å². The summed E-state index contributed by atoms with van der Waals surface area (Å²) in [6.07, 6.45) is 7.39. The fourth-order valence-electron chi connectivity index (χ4n) is 3.09. The molecule has 0 saturated heterocycles. The van der Waals surface area contributed by atoms with Crippen molar-refractivity contribution in [3.8, 4) is 11.5 Å². The van der Waals surface area contributed by atoms with Gasteiger partial charge in [0.15, 0.2) is 0 Å². The first-order chi connectivity index (χ1) is 14.1. The SMILES string of the molecule is CC=Cc1ccc2ncnc(Nc3ccc(Oc4ccc(C)nc4)c(C)c3)c2c1. The molecule has 0 aliphatic rings. The first-order valence-corrected chi connectivity index (χ1v) is 9.48. The highest BCUT2D eigenvalue weighted by Gasteiger charge is 2.07. The van der Waals surface area contributed by atoms with Crippen molar-refractivity contribution < 1.29 is 4.74 Å². The number of rotatable bonds is 5. The van der Waals surface area contributed by atoms with Crippen LogP contribution in [0.3, 0.4) is 0 Å². The third kappa shape index (κ3) is 4.24. The number of nitrogens with zero attached hydrogens (tertiary/aromatic N) is 3. The molecule has 0 radical (unpaired) electrons. The molecule has 0 atom stereocenters. The summed E-state index contributed by atoms with van der Waals surface area (Å²) in [6.45, 7) is 5.97. The quantitative estimate of drug-likeness (QED) is 0.444. The van der Waals surface area contributed by atoms with E-state index in [4.69, 9.17) is 4.74 Å². The number of pyridine rings is 1. The predicted molar refractivity (Wildman–Crippen MR) is 118 cm³/mol. The summed E-state index contributed by atoms with van der Waals surface area (Å²) in [6, 6.07) is 16.0. The molecule has 5 heteroatoms. The van der Waals surface area contributed by atoms with Gasteiger partial charge in [-0.25, -0.2) is 9.97 Å². The molecule has 0 aliphatic carbocycles. The van der Waals surface area contributed by atoms with Crippen LogP contribution in [0.25, 0.3) is 17.0 Å². The summed E-state index contributed by atoms with van der Waals surface area (Å²) < 4.78 is 5.96. The van der Waals surface area contributed by atoms with Crippen LogP contribution in [0.1, 0.15) is 23.7 Å². The Morgan fingerprint density at radius 1 is 0.931 bits per heavy atom. The number of aromatic nitrogens is 3. The number of benzene rings is 2. The van der Waals surface area contributed by atoms with Crippen molar-refractivity contribution in [3.63, 3.8) is 0 Å². The number of anilines is 2. The van der Waals surface area contributed by atoms with Crippen LogP contribution in [-0.4, -0.2) is 15.0 Å². The van der Waals surface area contributed by atoms with E-state index in [-0.39, 0.29) is 0 Å². The molecule has 0 spiro atoms. The molecule has 2 aromatic carbocycles. The Balaban J connectivity index is 1.60. The molecule has 29 heavy (non-hydrogen) atoms. The van der Waals surface area contributed by atoms with Gasteiger partial charge in [0.2, 0.25) is 0 Å². The lowest BCUT2D eigenvalue weighted by atomic mass is 10.1. The van der Waals surface area contributed by atoms with Gasteiger partial charge in [0.1, 0.15) is 23.6 Å². The summed E-state index contributed by atoms with van der Waals surface area (Å²) in [5.41, 5.74) is 4.93. The first kappa shape index (κ1) is 18.6. The maximum atomic E-state index is 5.96. The average Bonchev–Trinajstić information content (AvgIpc) is 2.72. The van der Waals surface area contributed by atoms with E-state index in [1.807, 2.05) is 63.2 Å². The molecule has 0 bridgehead atoms. The van der Waals surface area contributed by atoms with E-state index >= 15 is 0 Å². The summed E-state index contributed by atoms with van der Waals surface area (Å²) in [7, 11) is 0. The van der Waals surface area contributed by atoms with E-state index in [9.17, 15) is 0 Å². The highest BCUT2D eigenvalue weighted by Crippen LogP contribution is 2.30. The van der Waals surface area contributed by atoms with Crippen molar-refractivity contribution in [2.75, 3.05) is 5.32 Å². The predicted octanol–water partition coefficient (Wildman–Crippen LogP) is 6.21. The van der Waals surface area contributed by atoms with E-state index in [0.717, 1.165) is 50.7 Å². The van der Waals surface area contributed by atoms with Gasteiger partial charge in [-0.1, -0.05) is 18.2 Å². The zero-order valence-electron chi connectivity index (χ0n) is 16.7. The van der Waals surface area contributed by atoms with Gasteiger partial charge in [-0.2, -0.15) is 0 Å². The number of fused-ring (bicyclic) bond motifs is 1. The van der Waals surface area contributed by atoms with E-state index in [1.165, 1.54) is 0 Å². The van der Waals surface area contributed by atoms with Gasteiger partial charge in [-0.3, -0.25) is 4.98 Å². The first-order valence-electron chi connectivity index (χ1n) is 9.48. The highest BCUT2D eigenvalue weighted by atomic mass is 16.5. The molecule has 2 aromatic heterocycles. The van der Waals surface area contributed by atoms with Crippen molar-refractivity contribution in [2.45, 2.75) is 20.8 Å². The van der Waals surface area contributed by atoms with Gasteiger partial charge < -0.3 is 10.1 Å². The minimum atomic E-state index is 0.720. The van der Waals surface area contributed by atoms with Crippen LogP contribution in [0.4, 0.5) is 11.5 Å². The van der Waals surface area contributed by atoms with Gasteiger partial charge in [-0.05, 0) is 74.4 Å². The van der Waals surface area contributed by atoms with Gasteiger partial charge in [0.25, 0.3) is 0 Å². The number of ether oxygens (including phenoxy) is 1. The van der Waals surface area contributed by atoms with Crippen LogP contribution < -0.4 is 10.1 Å². The summed E-state index contributed by atoms with van der Waals surface area (Å²) in [5, 5.41) is 4.39. The monoisotopic (exact) mass is 382 g/mol. The Bertz CT molecular complexity index is 1180. The molecule has 5 nitrogen and oxygen atoms in total.